The molecule has 1 aromatic rings. The molecule has 0 aliphatic carbocycles. The molecule has 1 aliphatic rings. The molecule has 20 heavy (non-hydrogen) atoms. The predicted molar refractivity (Wildman–Crippen MR) is 75.2 cm³/mol. The summed E-state index contributed by atoms with van der Waals surface area (Å²) in [7, 11) is 0. The minimum atomic E-state index is -0.959. The van der Waals surface area contributed by atoms with Crippen molar-refractivity contribution in [2.24, 2.45) is 11.7 Å². The first-order valence-electron chi connectivity index (χ1n) is 6.79. The van der Waals surface area contributed by atoms with Crippen LogP contribution in [0.5, 0.6) is 0 Å². The van der Waals surface area contributed by atoms with Gasteiger partial charge in [0.05, 0.1) is 0 Å². The Balaban J connectivity index is 2.18. The van der Waals surface area contributed by atoms with Gasteiger partial charge in [0, 0.05) is 19.4 Å². The summed E-state index contributed by atoms with van der Waals surface area (Å²) >= 11 is 0. The number of carbonyl (C=O) groups excluding carboxylic acids is 1. The third-order valence-corrected chi connectivity index (χ3v) is 3.91. The zero-order valence-corrected chi connectivity index (χ0v) is 11.6. The maximum atomic E-state index is 12.0. The topological polar surface area (TPSA) is 83.6 Å². The molecule has 108 valence electrons. The Kier molecular flexibility index (Phi) is 4.39. The van der Waals surface area contributed by atoms with Crippen LogP contribution in [0.1, 0.15) is 17.5 Å². The number of rotatable bonds is 5. The summed E-state index contributed by atoms with van der Waals surface area (Å²) in [6.07, 6.45) is 0.694. The largest absolute Gasteiger partial charge is 0.480 e. The Morgan fingerprint density at radius 2 is 2.20 bits per heavy atom. The molecule has 0 bridgehead atoms. The number of carboxylic acids is 1. The van der Waals surface area contributed by atoms with Crippen molar-refractivity contribution in [1.82, 2.24) is 4.90 Å². The molecule has 3 N–H and O–H groups in total. The van der Waals surface area contributed by atoms with Crippen LogP contribution in [0.3, 0.4) is 0 Å². The molecule has 0 radical (unpaired) electrons. The Hall–Kier alpha value is -1.88. The lowest BCUT2D eigenvalue weighted by atomic mass is 10.0. The number of hydrogen-bond acceptors (Lipinski definition) is 3. The molecule has 1 aromatic carbocycles. The standard InChI is InChI=1S/C15H20N2O3/c1-10-4-2-3-5-12(10)7-13(15(19)20)17-9-11(8-16)6-14(17)18/h2-5,11,13H,6-9,16H2,1H3,(H,19,20)/t11?,13-/m0/s1. The van der Waals surface area contributed by atoms with E-state index in [9.17, 15) is 14.7 Å². The predicted octanol–water partition coefficient (Wildman–Crippen LogP) is 0.798. The molecule has 5 nitrogen and oxygen atoms in total. The lowest BCUT2D eigenvalue weighted by Crippen LogP contribution is -2.44. The number of aryl methyl sites for hydroxylation is 1. The van der Waals surface area contributed by atoms with Crippen molar-refractivity contribution in [2.45, 2.75) is 25.8 Å². The van der Waals surface area contributed by atoms with Gasteiger partial charge in [0.15, 0.2) is 0 Å². The summed E-state index contributed by atoms with van der Waals surface area (Å²) < 4.78 is 0. The van der Waals surface area contributed by atoms with Crippen molar-refractivity contribution in [2.75, 3.05) is 13.1 Å². The van der Waals surface area contributed by atoms with Crippen molar-refractivity contribution in [3.05, 3.63) is 35.4 Å². The first-order valence-corrected chi connectivity index (χ1v) is 6.79. The van der Waals surface area contributed by atoms with E-state index in [2.05, 4.69) is 0 Å². The maximum Gasteiger partial charge on any atom is 0.326 e. The van der Waals surface area contributed by atoms with E-state index in [1.165, 1.54) is 4.90 Å². The van der Waals surface area contributed by atoms with E-state index in [-0.39, 0.29) is 11.8 Å². The van der Waals surface area contributed by atoms with Crippen LogP contribution in [-0.2, 0) is 16.0 Å². The van der Waals surface area contributed by atoms with E-state index < -0.39 is 12.0 Å². The highest BCUT2D eigenvalue weighted by atomic mass is 16.4. The molecular weight excluding hydrogens is 256 g/mol. The van der Waals surface area contributed by atoms with Gasteiger partial charge in [0.1, 0.15) is 6.04 Å². The summed E-state index contributed by atoms with van der Waals surface area (Å²) in [6, 6.07) is 6.85. The van der Waals surface area contributed by atoms with Crippen LogP contribution in [0.25, 0.3) is 0 Å². The van der Waals surface area contributed by atoms with Crippen LogP contribution in [-0.4, -0.2) is 41.0 Å². The second-order valence-corrected chi connectivity index (χ2v) is 5.34. The lowest BCUT2D eigenvalue weighted by Gasteiger charge is -2.25. The fourth-order valence-corrected chi connectivity index (χ4v) is 2.65. The average Bonchev–Trinajstić information content (AvgIpc) is 2.78. The fraction of sp³-hybridized carbons (Fsp3) is 0.467. The van der Waals surface area contributed by atoms with Gasteiger partial charge >= 0.3 is 5.97 Å². The van der Waals surface area contributed by atoms with Crippen LogP contribution in [0.15, 0.2) is 24.3 Å². The number of nitrogens with zero attached hydrogens (tertiary/aromatic N) is 1. The average molecular weight is 276 g/mol. The van der Waals surface area contributed by atoms with E-state index in [0.717, 1.165) is 11.1 Å². The summed E-state index contributed by atoms with van der Waals surface area (Å²) in [6.45, 7) is 2.81. The normalized spacial score (nSPS) is 20.2. The maximum absolute atomic E-state index is 12.0. The third kappa shape index (κ3) is 2.99. The number of likely N-dealkylation sites (tertiary alicyclic amines) is 1. The molecule has 1 aliphatic heterocycles. The number of aliphatic carboxylic acids is 1. The van der Waals surface area contributed by atoms with Gasteiger partial charge in [0.25, 0.3) is 0 Å². The van der Waals surface area contributed by atoms with Gasteiger partial charge in [-0.2, -0.15) is 0 Å². The minimum Gasteiger partial charge on any atom is -0.480 e. The van der Waals surface area contributed by atoms with Crippen LogP contribution in [0.4, 0.5) is 0 Å². The van der Waals surface area contributed by atoms with Gasteiger partial charge in [-0.1, -0.05) is 24.3 Å². The Labute approximate surface area is 118 Å². The number of hydrogen-bond donors (Lipinski definition) is 2. The van der Waals surface area contributed by atoms with E-state index >= 15 is 0 Å². The molecular formula is C15H20N2O3. The quantitative estimate of drug-likeness (QED) is 0.833. The highest BCUT2D eigenvalue weighted by Gasteiger charge is 2.37. The van der Waals surface area contributed by atoms with Crippen molar-refractivity contribution in [3.63, 3.8) is 0 Å². The van der Waals surface area contributed by atoms with Crippen LogP contribution in [0.2, 0.25) is 0 Å². The summed E-state index contributed by atoms with van der Waals surface area (Å²) in [5, 5.41) is 9.44. The highest BCUT2D eigenvalue weighted by Crippen LogP contribution is 2.22. The molecule has 0 saturated carbocycles. The molecule has 0 aromatic heterocycles. The molecule has 0 spiro atoms. The highest BCUT2D eigenvalue weighted by molar-refractivity contribution is 5.85. The number of benzene rings is 1. The van der Waals surface area contributed by atoms with E-state index in [0.29, 0.717) is 25.9 Å². The molecule has 2 rings (SSSR count). The molecule has 2 atom stereocenters. The second-order valence-electron chi connectivity index (χ2n) is 5.34. The van der Waals surface area contributed by atoms with Crippen LogP contribution < -0.4 is 5.73 Å². The number of nitrogens with two attached hydrogens (primary N) is 1. The SMILES string of the molecule is Cc1ccccc1C[C@@H](C(=O)O)N1CC(CN)CC1=O. The summed E-state index contributed by atoms with van der Waals surface area (Å²) in [4.78, 5) is 25.0. The first kappa shape index (κ1) is 14.5. The number of carboxylic acid groups (broad SMARTS) is 1. The monoisotopic (exact) mass is 276 g/mol. The zero-order chi connectivity index (χ0) is 14.7. The molecule has 1 unspecified atom stereocenters. The van der Waals surface area contributed by atoms with E-state index in [1.807, 2.05) is 31.2 Å². The van der Waals surface area contributed by atoms with Gasteiger partial charge in [-0.25, -0.2) is 4.79 Å². The van der Waals surface area contributed by atoms with Crippen molar-refractivity contribution < 1.29 is 14.7 Å². The zero-order valence-electron chi connectivity index (χ0n) is 11.6. The number of carbonyl (C=O) groups is 2. The lowest BCUT2D eigenvalue weighted by molar-refractivity contribution is -0.148. The van der Waals surface area contributed by atoms with E-state index in [1.54, 1.807) is 0 Å². The molecule has 1 saturated heterocycles. The summed E-state index contributed by atoms with van der Waals surface area (Å²) in [5.74, 6) is -0.998. The van der Waals surface area contributed by atoms with Gasteiger partial charge in [0.2, 0.25) is 5.91 Å². The second kappa shape index (κ2) is 6.05. The molecule has 1 heterocycles. The first-order chi connectivity index (χ1) is 9.52. The molecule has 1 fully saturated rings. The Morgan fingerprint density at radius 3 is 2.75 bits per heavy atom. The fourth-order valence-electron chi connectivity index (χ4n) is 2.65. The van der Waals surface area contributed by atoms with Gasteiger partial charge < -0.3 is 15.7 Å². The van der Waals surface area contributed by atoms with Crippen LogP contribution in [0, 0.1) is 12.8 Å². The van der Waals surface area contributed by atoms with Gasteiger partial charge in [-0.05, 0) is 30.5 Å². The third-order valence-electron chi connectivity index (χ3n) is 3.91. The minimum absolute atomic E-state index is 0.0706. The van der Waals surface area contributed by atoms with Gasteiger partial charge in [-0.3, -0.25) is 4.79 Å². The smallest absolute Gasteiger partial charge is 0.326 e. The van der Waals surface area contributed by atoms with Crippen LogP contribution >= 0.6 is 0 Å². The molecule has 1 amide bonds. The Bertz CT molecular complexity index is 516. The summed E-state index contributed by atoms with van der Waals surface area (Å²) in [5.41, 5.74) is 7.59. The number of amides is 1. The van der Waals surface area contributed by atoms with Crippen molar-refractivity contribution >= 4 is 11.9 Å². The molecule has 5 heteroatoms. The Morgan fingerprint density at radius 1 is 1.50 bits per heavy atom. The van der Waals surface area contributed by atoms with Crippen molar-refractivity contribution in [1.29, 1.82) is 0 Å². The van der Waals surface area contributed by atoms with Gasteiger partial charge in [-0.15, -0.1) is 0 Å². The van der Waals surface area contributed by atoms with Crippen molar-refractivity contribution in [3.8, 4) is 0 Å². The van der Waals surface area contributed by atoms with E-state index in [4.69, 9.17) is 5.73 Å².